The van der Waals surface area contributed by atoms with Crippen LogP contribution >= 0.6 is 0 Å². The second-order valence-electron chi connectivity index (χ2n) is 8.42. The fourth-order valence-electron chi connectivity index (χ4n) is 4.42. The molecule has 3 aromatic rings. The molecule has 0 atom stereocenters. The van der Waals surface area contributed by atoms with E-state index in [2.05, 4.69) is 16.9 Å². The van der Waals surface area contributed by atoms with Gasteiger partial charge in [0.2, 0.25) is 0 Å². The van der Waals surface area contributed by atoms with Crippen molar-refractivity contribution in [1.82, 2.24) is 9.97 Å². The number of para-hydroxylation sites is 2. The minimum Gasteiger partial charge on any atom is -0.507 e. The molecular formula is C25H30N2O3. The summed E-state index contributed by atoms with van der Waals surface area (Å²) in [7, 11) is 0. The van der Waals surface area contributed by atoms with Gasteiger partial charge in [0.15, 0.2) is 0 Å². The Morgan fingerprint density at radius 2 is 1.93 bits per heavy atom. The Balaban J connectivity index is 1.36. The van der Waals surface area contributed by atoms with Crippen molar-refractivity contribution in [2.45, 2.75) is 58.3 Å². The predicted octanol–water partition coefficient (Wildman–Crippen LogP) is 6.23. The molecule has 1 aliphatic carbocycles. The Kier molecular flexibility index (Phi) is 6.36. The van der Waals surface area contributed by atoms with Crippen molar-refractivity contribution in [3.63, 3.8) is 0 Å². The summed E-state index contributed by atoms with van der Waals surface area (Å²) >= 11 is 0. The van der Waals surface area contributed by atoms with E-state index in [4.69, 9.17) is 4.74 Å². The maximum atomic E-state index is 12.6. The largest absolute Gasteiger partial charge is 0.507 e. The lowest BCUT2D eigenvalue weighted by atomic mass is 9.80. The number of nitrogens with zero attached hydrogens (tertiary/aromatic N) is 1. The minimum atomic E-state index is -0.183. The van der Waals surface area contributed by atoms with Crippen molar-refractivity contribution in [1.29, 1.82) is 0 Å². The first-order valence-corrected chi connectivity index (χ1v) is 11.1. The minimum absolute atomic E-state index is 0.0374. The molecule has 0 amide bonds. The average Bonchev–Trinajstić information content (AvgIpc) is 3.18. The van der Waals surface area contributed by atoms with Gasteiger partial charge >= 0.3 is 5.97 Å². The molecule has 5 nitrogen and oxygen atoms in total. The number of aromatic hydroxyl groups is 1. The summed E-state index contributed by atoms with van der Waals surface area (Å²) in [4.78, 5) is 20.3. The highest BCUT2D eigenvalue weighted by molar-refractivity contribution is 5.81. The number of ether oxygens (including phenoxy) is 1. The lowest BCUT2D eigenvalue weighted by Gasteiger charge is -2.27. The fraction of sp³-hybridized carbons (Fsp3) is 0.440. The van der Waals surface area contributed by atoms with Gasteiger partial charge in [-0.2, -0.15) is 0 Å². The van der Waals surface area contributed by atoms with Gasteiger partial charge in [0.1, 0.15) is 17.3 Å². The van der Waals surface area contributed by atoms with Crippen molar-refractivity contribution >= 4 is 17.0 Å². The van der Waals surface area contributed by atoms with Crippen molar-refractivity contribution in [3.8, 4) is 22.9 Å². The normalized spacial score (nSPS) is 19.1. The molecule has 1 saturated carbocycles. The van der Waals surface area contributed by atoms with E-state index >= 15 is 0 Å². The van der Waals surface area contributed by atoms with Crippen molar-refractivity contribution in [2.75, 3.05) is 0 Å². The molecule has 2 N–H and O–H groups in total. The maximum Gasteiger partial charge on any atom is 0.314 e. The fourth-order valence-corrected chi connectivity index (χ4v) is 4.42. The molecule has 0 bridgehead atoms. The van der Waals surface area contributed by atoms with Crippen LogP contribution in [-0.4, -0.2) is 21.0 Å². The lowest BCUT2D eigenvalue weighted by Crippen LogP contribution is -2.25. The van der Waals surface area contributed by atoms with Gasteiger partial charge in [-0.15, -0.1) is 0 Å². The van der Waals surface area contributed by atoms with Gasteiger partial charge in [0, 0.05) is 6.07 Å². The van der Waals surface area contributed by atoms with Gasteiger partial charge in [-0.3, -0.25) is 4.79 Å². The van der Waals surface area contributed by atoms with Gasteiger partial charge < -0.3 is 14.8 Å². The first kappa shape index (κ1) is 20.5. The third-order valence-corrected chi connectivity index (χ3v) is 6.23. The second kappa shape index (κ2) is 9.33. The number of nitrogens with one attached hydrogen (secondary N) is 1. The SMILES string of the molecule is CCCCC[C@H]1CC[C@H](C(=O)Oc2ccc(-c3nc4ccccc4[nH]3)c(O)c2)CC1. The Labute approximate surface area is 177 Å². The molecule has 1 aromatic heterocycles. The number of H-pyrrole nitrogens is 1. The highest BCUT2D eigenvalue weighted by Gasteiger charge is 2.27. The lowest BCUT2D eigenvalue weighted by molar-refractivity contribution is -0.140. The number of carbonyl (C=O) groups is 1. The van der Waals surface area contributed by atoms with Crippen LogP contribution in [0.2, 0.25) is 0 Å². The number of hydrogen-bond donors (Lipinski definition) is 2. The first-order chi connectivity index (χ1) is 14.6. The molecule has 2 aromatic carbocycles. The zero-order chi connectivity index (χ0) is 20.9. The van der Waals surface area contributed by atoms with E-state index in [1.54, 1.807) is 12.1 Å². The summed E-state index contributed by atoms with van der Waals surface area (Å²) in [5.74, 6) is 1.55. The second-order valence-corrected chi connectivity index (χ2v) is 8.42. The number of unbranched alkanes of at least 4 members (excludes halogenated alkanes) is 2. The predicted molar refractivity (Wildman–Crippen MR) is 118 cm³/mol. The molecule has 0 saturated heterocycles. The van der Waals surface area contributed by atoms with E-state index in [1.807, 2.05) is 24.3 Å². The number of esters is 1. The molecule has 30 heavy (non-hydrogen) atoms. The van der Waals surface area contributed by atoms with Crippen molar-refractivity contribution in [3.05, 3.63) is 42.5 Å². The molecular weight excluding hydrogens is 376 g/mol. The van der Waals surface area contributed by atoms with Crippen LogP contribution in [0.15, 0.2) is 42.5 Å². The number of hydrogen-bond acceptors (Lipinski definition) is 4. The van der Waals surface area contributed by atoms with Crippen molar-refractivity contribution < 1.29 is 14.6 Å². The summed E-state index contributed by atoms with van der Waals surface area (Å²) < 4.78 is 5.59. The van der Waals surface area contributed by atoms with E-state index in [0.717, 1.165) is 42.6 Å². The molecule has 1 aliphatic rings. The highest BCUT2D eigenvalue weighted by Crippen LogP contribution is 2.35. The number of phenolic OH excluding ortho intramolecular Hbond substituents is 1. The monoisotopic (exact) mass is 406 g/mol. The van der Waals surface area contributed by atoms with Gasteiger partial charge in [-0.05, 0) is 55.9 Å². The molecule has 1 fully saturated rings. The van der Waals surface area contributed by atoms with Crippen LogP contribution < -0.4 is 4.74 Å². The molecule has 4 rings (SSSR count). The van der Waals surface area contributed by atoms with Crippen LogP contribution in [0.3, 0.4) is 0 Å². The van der Waals surface area contributed by atoms with Crippen LogP contribution in [-0.2, 0) is 4.79 Å². The van der Waals surface area contributed by atoms with E-state index < -0.39 is 0 Å². The zero-order valence-corrected chi connectivity index (χ0v) is 17.6. The number of fused-ring (bicyclic) bond motifs is 1. The number of aromatic nitrogens is 2. The summed E-state index contributed by atoms with van der Waals surface area (Å²) in [6.45, 7) is 2.23. The Bertz CT molecular complexity index is 970. The number of phenols is 1. The van der Waals surface area contributed by atoms with Gasteiger partial charge in [-0.25, -0.2) is 4.98 Å². The number of aromatic amines is 1. The number of rotatable bonds is 7. The zero-order valence-electron chi connectivity index (χ0n) is 17.6. The Morgan fingerprint density at radius 1 is 1.13 bits per heavy atom. The van der Waals surface area contributed by atoms with Crippen LogP contribution in [0.25, 0.3) is 22.4 Å². The molecule has 5 heteroatoms. The Morgan fingerprint density at radius 3 is 2.67 bits per heavy atom. The first-order valence-electron chi connectivity index (χ1n) is 11.1. The molecule has 0 unspecified atom stereocenters. The maximum absolute atomic E-state index is 12.6. The van der Waals surface area contributed by atoms with Crippen molar-refractivity contribution in [2.24, 2.45) is 11.8 Å². The summed E-state index contributed by atoms with van der Waals surface area (Å²) in [5, 5.41) is 10.5. The molecule has 1 heterocycles. The van der Waals surface area contributed by atoms with E-state index in [1.165, 1.54) is 31.7 Å². The average molecular weight is 407 g/mol. The number of benzene rings is 2. The summed E-state index contributed by atoms with van der Waals surface area (Å²) in [6.07, 6.45) is 9.16. The molecule has 0 aliphatic heterocycles. The number of imidazole rings is 1. The van der Waals surface area contributed by atoms with E-state index in [9.17, 15) is 9.90 Å². The summed E-state index contributed by atoms with van der Waals surface area (Å²) in [5.41, 5.74) is 2.33. The van der Waals surface area contributed by atoms with Crippen LogP contribution in [0, 0.1) is 11.8 Å². The van der Waals surface area contributed by atoms with E-state index in [0.29, 0.717) is 17.1 Å². The standard InChI is InChI=1S/C25H30N2O3/c1-2-3-4-7-17-10-12-18(13-11-17)25(29)30-19-14-15-20(23(28)16-19)24-26-21-8-5-6-9-22(21)27-24/h5-6,8-9,14-18,28H,2-4,7,10-13H2,1H3,(H,26,27)/t17-,18-. The Hall–Kier alpha value is -2.82. The van der Waals surface area contributed by atoms with Gasteiger partial charge in [0.25, 0.3) is 0 Å². The third-order valence-electron chi connectivity index (χ3n) is 6.23. The molecule has 158 valence electrons. The van der Waals surface area contributed by atoms with E-state index in [-0.39, 0.29) is 17.6 Å². The molecule has 0 spiro atoms. The molecule has 0 radical (unpaired) electrons. The number of carbonyl (C=O) groups excluding carboxylic acids is 1. The van der Waals surface area contributed by atoms with Crippen LogP contribution in [0.4, 0.5) is 0 Å². The van der Waals surface area contributed by atoms with Crippen LogP contribution in [0.5, 0.6) is 11.5 Å². The van der Waals surface area contributed by atoms with Gasteiger partial charge in [-0.1, -0.05) is 44.7 Å². The third kappa shape index (κ3) is 4.66. The smallest absolute Gasteiger partial charge is 0.314 e. The highest BCUT2D eigenvalue weighted by atomic mass is 16.5. The topological polar surface area (TPSA) is 75.2 Å². The quantitative estimate of drug-likeness (QED) is 0.277. The summed E-state index contributed by atoms with van der Waals surface area (Å²) in [6, 6.07) is 12.7. The van der Waals surface area contributed by atoms with Gasteiger partial charge in [0.05, 0.1) is 22.5 Å². The van der Waals surface area contributed by atoms with Crippen LogP contribution in [0.1, 0.15) is 58.3 Å².